The fraction of sp³-hybridized carbons (Fsp3) is 0.444. The Bertz CT molecular complexity index is 591. The van der Waals surface area contributed by atoms with Crippen molar-refractivity contribution < 1.29 is 5.11 Å². The Morgan fingerprint density at radius 2 is 1.86 bits per heavy atom. The summed E-state index contributed by atoms with van der Waals surface area (Å²) >= 11 is 0. The van der Waals surface area contributed by atoms with Crippen molar-refractivity contribution in [3.63, 3.8) is 0 Å². The molecule has 0 saturated carbocycles. The molecule has 3 heteroatoms. The lowest BCUT2D eigenvalue weighted by atomic mass is 10.0. The molecule has 1 aliphatic heterocycles. The third-order valence-corrected chi connectivity index (χ3v) is 4.44. The van der Waals surface area contributed by atoms with Gasteiger partial charge in [-0.15, -0.1) is 0 Å². The van der Waals surface area contributed by atoms with Crippen LogP contribution < -0.4 is 5.32 Å². The predicted molar refractivity (Wildman–Crippen MR) is 87.1 cm³/mol. The van der Waals surface area contributed by atoms with Crippen LogP contribution in [0.4, 0.5) is 0 Å². The summed E-state index contributed by atoms with van der Waals surface area (Å²) in [5.41, 5.74) is 1.27. The highest BCUT2D eigenvalue weighted by atomic mass is 16.3. The fourth-order valence-corrected chi connectivity index (χ4v) is 3.25. The van der Waals surface area contributed by atoms with E-state index in [-0.39, 0.29) is 0 Å². The maximum Gasteiger partial charge on any atom is 0.105 e. The van der Waals surface area contributed by atoms with Crippen LogP contribution in [-0.4, -0.2) is 35.4 Å². The summed E-state index contributed by atoms with van der Waals surface area (Å²) < 4.78 is 0. The standard InChI is InChI=1S/C18H24N2O/c1-14(21)20(18-8-10-19-11-9-18)13-15-6-7-16-4-2-3-5-17(16)12-15/h2-7,12,14,18-19,21H,8-11,13H2,1H3. The second kappa shape index (κ2) is 6.56. The van der Waals surface area contributed by atoms with Gasteiger partial charge in [0.1, 0.15) is 6.23 Å². The van der Waals surface area contributed by atoms with E-state index in [4.69, 9.17) is 0 Å². The lowest BCUT2D eigenvalue weighted by Gasteiger charge is -2.36. The number of hydrogen-bond donors (Lipinski definition) is 2. The Morgan fingerprint density at radius 1 is 1.14 bits per heavy atom. The smallest absolute Gasteiger partial charge is 0.105 e. The van der Waals surface area contributed by atoms with E-state index in [9.17, 15) is 5.11 Å². The maximum atomic E-state index is 10.1. The van der Waals surface area contributed by atoms with Gasteiger partial charge in [0, 0.05) is 12.6 Å². The van der Waals surface area contributed by atoms with E-state index in [1.54, 1.807) is 0 Å². The van der Waals surface area contributed by atoms with Gasteiger partial charge < -0.3 is 10.4 Å². The molecule has 3 rings (SSSR count). The Hall–Kier alpha value is -1.42. The number of nitrogens with zero attached hydrogens (tertiary/aromatic N) is 1. The van der Waals surface area contributed by atoms with Crippen LogP contribution in [0.3, 0.4) is 0 Å². The molecule has 112 valence electrons. The molecule has 0 spiro atoms. The van der Waals surface area contributed by atoms with Crippen LogP contribution >= 0.6 is 0 Å². The normalized spacial score (nSPS) is 18.2. The third kappa shape index (κ3) is 3.43. The molecule has 2 aromatic rings. The average molecular weight is 284 g/mol. The number of nitrogens with one attached hydrogen (secondary N) is 1. The number of aliphatic hydroxyl groups is 1. The summed E-state index contributed by atoms with van der Waals surface area (Å²) in [5.74, 6) is 0. The van der Waals surface area contributed by atoms with E-state index in [2.05, 4.69) is 52.7 Å². The van der Waals surface area contributed by atoms with Crippen LogP contribution in [0.15, 0.2) is 42.5 Å². The molecule has 1 saturated heterocycles. The van der Waals surface area contributed by atoms with Crippen molar-refractivity contribution in [1.29, 1.82) is 0 Å². The highest BCUT2D eigenvalue weighted by Gasteiger charge is 2.24. The molecule has 1 heterocycles. The van der Waals surface area contributed by atoms with E-state index < -0.39 is 6.23 Å². The first kappa shape index (κ1) is 14.5. The van der Waals surface area contributed by atoms with Gasteiger partial charge in [0.2, 0.25) is 0 Å². The molecule has 0 bridgehead atoms. The quantitative estimate of drug-likeness (QED) is 0.847. The van der Waals surface area contributed by atoms with Crippen molar-refractivity contribution >= 4 is 10.8 Å². The molecule has 1 atom stereocenters. The minimum absolute atomic E-state index is 0.403. The van der Waals surface area contributed by atoms with Gasteiger partial charge in [0.15, 0.2) is 0 Å². The summed E-state index contributed by atoms with van der Waals surface area (Å²) in [7, 11) is 0. The minimum atomic E-state index is -0.403. The van der Waals surface area contributed by atoms with Gasteiger partial charge in [-0.2, -0.15) is 0 Å². The van der Waals surface area contributed by atoms with Gasteiger partial charge in [-0.05, 0) is 55.3 Å². The SMILES string of the molecule is CC(O)N(Cc1ccc2ccccc2c1)C1CCNCC1. The molecule has 0 aromatic heterocycles. The van der Waals surface area contributed by atoms with Crippen LogP contribution in [0.1, 0.15) is 25.3 Å². The van der Waals surface area contributed by atoms with Crippen molar-refractivity contribution in [3.8, 4) is 0 Å². The highest BCUT2D eigenvalue weighted by molar-refractivity contribution is 5.82. The minimum Gasteiger partial charge on any atom is -0.379 e. The van der Waals surface area contributed by atoms with Crippen molar-refractivity contribution in [2.45, 2.75) is 38.6 Å². The second-order valence-corrected chi connectivity index (χ2v) is 5.97. The zero-order chi connectivity index (χ0) is 14.7. The molecule has 2 aromatic carbocycles. The number of piperidine rings is 1. The maximum absolute atomic E-state index is 10.1. The number of hydrogen-bond acceptors (Lipinski definition) is 3. The summed E-state index contributed by atoms with van der Waals surface area (Å²) in [6, 6.07) is 15.5. The molecular weight excluding hydrogens is 260 g/mol. The van der Waals surface area contributed by atoms with Crippen LogP contribution in [0.2, 0.25) is 0 Å². The zero-order valence-corrected chi connectivity index (χ0v) is 12.6. The Kier molecular flexibility index (Phi) is 4.54. The fourth-order valence-electron chi connectivity index (χ4n) is 3.25. The molecule has 0 aliphatic carbocycles. The third-order valence-electron chi connectivity index (χ3n) is 4.44. The van der Waals surface area contributed by atoms with Crippen LogP contribution in [0.25, 0.3) is 10.8 Å². The largest absolute Gasteiger partial charge is 0.379 e. The van der Waals surface area contributed by atoms with Crippen molar-refractivity contribution in [1.82, 2.24) is 10.2 Å². The van der Waals surface area contributed by atoms with Crippen LogP contribution in [-0.2, 0) is 6.54 Å². The molecule has 21 heavy (non-hydrogen) atoms. The summed E-state index contributed by atoms with van der Waals surface area (Å²) in [6.45, 7) is 4.79. The molecule has 1 fully saturated rings. The molecule has 3 nitrogen and oxygen atoms in total. The number of fused-ring (bicyclic) bond motifs is 1. The van der Waals surface area contributed by atoms with E-state index in [0.29, 0.717) is 6.04 Å². The van der Waals surface area contributed by atoms with Gasteiger partial charge in [0.25, 0.3) is 0 Å². The van der Waals surface area contributed by atoms with E-state index in [1.807, 2.05) is 6.92 Å². The van der Waals surface area contributed by atoms with E-state index in [1.165, 1.54) is 16.3 Å². The van der Waals surface area contributed by atoms with E-state index >= 15 is 0 Å². The van der Waals surface area contributed by atoms with Gasteiger partial charge in [-0.3, -0.25) is 4.90 Å². The van der Waals surface area contributed by atoms with Crippen molar-refractivity contribution in [2.24, 2.45) is 0 Å². The van der Waals surface area contributed by atoms with Crippen molar-refractivity contribution in [2.75, 3.05) is 13.1 Å². The number of rotatable bonds is 4. The van der Waals surface area contributed by atoms with Gasteiger partial charge in [-0.25, -0.2) is 0 Å². The molecular formula is C18H24N2O. The van der Waals surface area contributed by atoms with Crippen molar-refractivity contribution in [3.05, 3.63) is 48.0 Å². The lowest BCUT2D eigenvalue weighted by molar-refractivity contribution is -0.0262. The summed E-state index contributed by atoms with van der Waals surface area (Å²) in [4.78, 5) is 2.23. The van der Waals surface area contributed by atoms with Gasteiger partial charge in [-0.1, -0.05) is 36.4 Å². The van der Waals surface area contributed by atoms with E-state index in [0.717, 1.165) is 32.5 Å². The highest BCUT2D eigenvalue weighted by Crippen LogP contribution is 2.21. The Labute approximate surface area is 126 Å². The molecule has 0 amide bonds. The molecule has 1 aliphatic rings. The first-order valence-corrected chi connectivity index (χ1v) is 7.86. The predicted octanol–water partition coefficient (Wildman–Crippen LogP) is 2.73. The van der Waals surface area contributed by atoms with Gasteiger partial charge >= 0.3 is 0 Å². The Morgan fingerprint density at radius 3 is 2.57 bits per heavy atom. The molecule has 0 radical (unpaired) electrons. The average Bonchev–Trinajstić information content (AvgIpc) is 2.53. The first-order valence-electron chi connectivity index (χ1n) is 7.86. The second-order valence-electron chi connectivity index (χ2n) is 5.97. The Balaban J connectivity index is 1.80. The topological polar surface area (TPSA) is 35.5 Å². The van der Waals surface area contributed by atoms with Crippen LogP contribution in [0.5, 0.6) is 0 Å². The monoisotopic (exact) mass is 284 g/mol. The van der Waals surface area contributed by atoms with Gasteiger partial charge in [0.05, 0.1) is 0 Å². The molecule has 2 N–H and O–H groups in total. The number of aliphatic hydroxyl groups excluding tert-OH is 1. The van der Waals surface area contributed by atoms with Crippen LogP contribution in [0, 0.1) is 0 Å². The lowest BCUT2D eigenvalue weighted by Crippen LogP contribution is -2.46. The summed E-state index contributed by atoms with van der Waals surface area (Å²) in [5, 5.41) is 16.1. The summed E-state index contributed by atoms with van der Waals surface area (Å²) in [6.07, 6.45) is 1.82. The first-order chi connectivity index (χ1) is 10.2. The molecule has 1 unspecified atom stereocenters. The zero-order valence-electron chi connectivity index (χ0n) is 12.6. The number of benzene rings is 2.